The largest absolute Gasteiger partial charge is 0.469 e. The van der Waals surface area contributed by atoms with Gasteiger partial charge in [-0.05, 0) is 26.8 Å². The molecule has 1 saturated heterocycles. The van der Waals surface area contributed by atoms with Gasteiger partial charge in [0.25, 0.3) is 0 Å². The summed E-state index contributed by atoms with van der Waals surface area (Å²) in [7, 11) is 3.51. The van der Waals surface area contributed by atoms with Crippen LogP contribution in [-0.4, -0.2) is 37.6 Å². The van der Waals surface area contributed by atoms with E-state index in [1.54, 1.807) is 0 Å². The fourth-order valence-electron chi connectivity index (χ4n) is 1.64. The molecule has 0 aromatic carbocycles. The van der Waals surface area contributed by atoms with Crippen molar-refractivity contribution in [3.8, 4) is 0 Å². The zero-order valence-corrected chi connectivity index (χ0v) is 8.04. The molecule has 12 heavy (non-hydrogen) atoms. The van der Waals surface area contributed by atoms with Crippen LogP contribution >= 0.6 is 0 Å². The van der Waals surface area contributed by atoms with Crippen molar-refractivity contribution >= 4 is 5.97 Å². The van der Waals surface area contributed by atoms with Crippen LogP contribution in [0.25, 0.3) is 0 Å². The Kier molecular flexibility index (Phi) is 3.09. The topological polar surface area (TPSA) is 29.5 Å². The Hall–Kier alpha value is -0.570. The first-order valence-electron chi connectivity index (χ1n) is 4.43. The van der Waals surface area contributed by atoms with E-state index >= 15 is 0 Å². The molecule has 1 heterocycles. The van der Waals surface area contributed by atoms with Crippen LogP contribution in [0.15, 0.2) is 0 Å². The van der Waals surface area contributed by atoms with E-state index in [4.69, 9.17) is 4.74 Å². The molecule has 2 atom stereocenters. The SMILES string of the molecule is COC(=O)[C@H]1CC[C@@H](C)N(C)C1. The summed E-state index contributed by atoms with van der Waals surface area (Å²) < 4.78 is 4.71. The van der Waals surface area contributed by atoms with Gasteiger partial charge < -0.3 is 9.64 Å². The predicted molar refractivity (Wildman–Crippen MR) is 46.8 cm³/mol. The van der Waals surface area contributed by atoms with Crippen LogP contribution in [-0.2, 0) is 9.53 Å². The maximum atomic E-state index is 11.2. The Labute approximate surface area is 73.7 Å². The molecule has 1 fully saturated rings. The second-order valence-electron chi connectivity index (χ2n) is 3.59. The third kappa shape index (κ3) is 1.97. The van der Waals surface area contributed by atoms with Gasteiger partial charge >= 0.3 is 5.97 Å². The summed E-state index contributed by atoms with van der Waals surface area (Å²) in [5.41, 5.74) is 0. The van der Waals surface area contributed by atoms with Gasteiger partial charge in [0.05, 0.1) is 13.0 Å². The van der Waals surface area contributed by atoms with Crippen LogP contribution in [0.3, 0.4) is 0 Å². The van der Waals surface area contributed by atoms with Gasteiger partial charge in [-0.15, -0.1) is 0 Å². The standard InChI is InChI=1S/C9H17NO2/c1-7-4-5-8(6-10(7)2)9(11)12-3/h7-8H,4-6H2,1-3H3/t7-,8+/m1/s1. The van der Waals surface area contributed by atoms with Gasteiger partial charge in [0.15, 0.2) is 0 Å². The number of rotatable bonds is 1. The zero-order valence-electron chi connectivity index (χ0n) is 8.04. The van der Waals surface area contributed by atoms with E-state index in [2.05, 4.69) is 18.9 Å². The van der Waals surface area contributed by atoms with Crippen molar-refractivity contribution in [1.82, 2.24) is 4.90 Å². The van der Waals surface area contributed by atoms with E-state index in [9.17, 15) is 4.79 Å². The van der Waals surface area contributed by atoms with Crippen molar-refractivity contribution in [3.63, 3.8) is 0 Å². The fraction of sp³-hybridized carbons (Fsp3) is 0.889. The van der Waals surface area contributed by atoms with E-state index in [1.165, 1.54) is 7.11 Å². The molecule has 3 heteroatoms. The second-order valence-corrected chi connectivity index (χ2v) is 3.59. The number of likely N-dealkylation sites (tertiary alicyclic amines) is 1. The average molecular weight is 171 g/mol. The first-order chi connectivity index (χ1) is 5.65. The third-order valence-corrected chi connectivity index (χ3v) is 2.73. The summed E-state index contributed by atoms with van der Waals surface area (Å²) in [5, 5.41) is 0. The monoisotopic (exact) mass is 171 g/mol. The first kappa shape index (κ1) is 9.52. The Morgan fingerprint density at radius 3 is 2.67 bits per heavy atom. The highest BCUT2D eigenvalue weighted by molar-refractivity contribution is 5.72. The Morgan fingerprint density at radius 2 is 2.17 bits per heavy atom. The molecule has 0 aliphatic carbocycles. The van der Waals surface area contributed by atoms with Crippen molar-refractivity contribution in [2.24, 2.45) is 5.92 Å². The predicted octanol–water partition coefficient (Wildman–Crippen LogP) is 0.890. The van der Waals surface area contributed by atoms with Crippen molar-refractivity contribution < 1.29 is 9.53 Å². The lowest BCUT2D eigenvalue weighted by Gasteiger charge is -2.33. The van der Waals surface area contributed by atoms with E-state index in [0.29, 0.717) is 6.04 Å². The van der Waals surface area contributed by atoms with Gasteiger partial charge in [0.2, 0.25) is 0 Å². The van der Waals surface area contributed by atoms with Crippen LogP contribution in [0.2, 0.25) is 0 Å². The van der Waals surface area contributed by atoms with E-state index < -0.39 is 0 Å². The molecule has 0 spiro atoms. The Morgan fingerprint density at radius 1 is 1.50 bits per heavy atom. The van der Waals surface area contributed by atoms with E-state index in [-0.39, 0.29) is 11.9 Å². The van der Waals surface area contributed by atoms with Crippen LogP contribution in [0.5, 0.6) is 0 Å². The second kappa shape index (κ2) is 3.90. The first-order valence-corrected chi connectivity index (χ1v) is 4.43. The van der Waals surface area contributed by atoms with Gasteiger partial charge in [-0.3, -0.25) is 4.79 Å². The summed E-state index contributed by atoms with van der Waals surface area (Å²) in [6.45, 7) is 3.03. The summed E-state index contributed by atoms with van der Waals surface area (Å²) >= 11 is 0. The molecule has 0 aromatic rings. The van der Waals surface area contributed by atoms with Crippen molar-refractivity contribution in [3.05, 3.63) is 0 Å². The van der Waals surface area contributed by atoms with Gasteiger partial charge in [0.1, 0.15) is 0 Å². The highest BCUT2D eigenvalue weighted by Crippen LogP contribution is 2.20. The quantitative estimate of drug-likeness (QED) is 0.549. The summed E-state index contributed by atoms with van der Waals surface area (Å²) in [4.78, 5) is 13.4. The summed E-state index contributed by atoms with van der Waals surface area (Å²) in [6, 6.07) is 0.603. The molecule has 70 valence electrons. The van der Waals surface area contributed by atoms with Crippen molar-refractivity contribution in [2.45, 2.75) is 25.8 Å². The normalized spacial score (nSPS) is 31.6. The maximum absolute atomic E-state index is 11.2. The highest BCUT2D eigenvalue weighted by Gasteiger charge is 2.27. The molecule has 3 nitrogen and oxygen atoms in total. The minimum atomic E-state index is -0.0613. The van der Waals surface area contributed by atoms with Crippen LogP contribution in [0.4, 0.5) is 0 Å². The van der Waals surface area contributed by atoms with Crippen molar-refractivity contribution in [1.29, 1.82) is 0 Å². The Bertz CT molecular complexity index is 170. The molecule has 1 aliphatic rings. The molecular formula is C9H17NO2. The number of hydrogen-bond acceptors (Lipinski definition) is 3. The number of carbonyl (C=O) groups is 1. The minimum Gasteiger partial charge on any atom is -0.469 e. The molecule has 1 aliphatic heterocycles. The number of piperidine rings is 1. The lowest BCUT2D eigenvalue weighted by Crippen LogP contribution is -2.41. The lowest BCUT2D eigenvalue weighted by molar-refractivity contribution is -0.147. The molecular weight excluding hydrogens is 154 g/mol. The van der Waals surface area contributed by atoms with Crippen molar-refractivity contribution in [2.75, 3.05) is 20.7 Å². The number of esters is 1. The molecule has 0 aromatic heterocycles. The average Bonchev–Trinajstić information content (AvgIpc) is 2.08. The van der Waals surface area contributed by atoms with E-state index in [0.717, 1.165) is 19.4 Å². The lowest BCUT2D eigenvalue weighted by atomic mass is 9.94. The maximum Gasteiger partial charge on any atom is 0.309 e. The summed E-state index contributed by atoms with van der Waals surface area (Å²) in [6.07, 6.45) is 2.06. The van der Waals surface area contributed by atoms with E-state index in [1.807, 2.05) is 0 Å². The number of ether oxygens (including phenoxy) is 1. The van der Waals surface area contributed by atoms with Crippen LogP contribution in [0, 0.1) is 5.92 Å². The Balaban J connectivity index is 2.45. The number of carbonyl (C=O) groups excluding carboxylic acids is 1. The van der Waals surface area contributed by atoms with Gasteiger partial charge in [-0.25, -0.2) is 0 Å². The molecule has 0 N–H and O–H groups in total. The number of hydrogen-bond donors (Lipinski definition) is 0. The van der Waals surface area contributed by atoms with Crippen LogP contribution in [0.1, 0.15) is 19.8 Å². The zero-order chi connectivity index (χ0) is 9.14. The summed E-state index contributed by atoms with van der Waals surface area (Å²) in [5.74, 6) is 0.0324. The number of methoxy groups -OCH3 is 1. The fourth-order valence-corrected chi connectivity index (χ4v) is 1.64. The molecule has 0 saturated carbocycles. The smallest absolute Gasteiger partial charge is 0.309 e. The van der Waals surface area contributed by atoms with Gasteiger partial charge in [-0.2, -0.15) is 0 Å². The highest BCUT2D eigenvalue weighted by atomic mass is 16.5. The van der Waals surface area contributed by atoms with Gasteiger partial charge in [-0.1, -0.05) is 0 Å². The minimum absolute atomic E-state index is 0.0613. The molecule has 1 rings (SSSR count). The third-order valence-electron chi connectivity index (χ3n) is 2.73. The molecule has 0 radical (unpaired) electrons. The molecule has 0 amide bonds. The molecule has 0 bridgehead atoms. The number of nitrogens with zero attached hydrogens (tertiary/aromatic N) is 1. The van der Waals surface area contributed by atoms with Gasteiger partial charge in [0, 0.05) is 12.6 Å². The molecule has 0 unspecified atom stereocenters. The van der Waals surface area contributed by atoms with Crippen LogP contribution < -0.4 is 0 Å².